The number of hydrogen-bond donors (Lipinski definition) is 1. The second kappa shape index (κ2) is 4.47. The molecule has 1 N–H and O–H groups in total. The molecule has 0 radical (unpaired) electrons. The summed E-state index contributed by atoms with van der Waals surface area (Å²) in [6.07, 6.45) is 1.02. The lowest BCUT2D eigenvalue weighted by atomic mass is 9.98. The van der Waals surface area contributed by atoms with Crippen LogP contribution in [0.2, 0.25) is 0 Å². The van der Waals surface area contributed by atoms with Gasteiger partial charge in [0.1, 0.15) is 5.75 Å². The highest BCUT2D eigenvalue weighted by Gasteiger charge is 2.14. The number of phenolic OH excluding ortho intramolecular Hbond substituents is 1. The topological polar surface area (TPSA) is 20.2 Å². The molecule has 0 aliphatic carbocycles. The Hall–Kier alpha value is -0.0200. The third kappa shape index (κ3) is 2.26. The SMILES string of the molecule is CCC(C)c1c(O)ccc(Br)c1Br. The average Bonchev–Trinajstić information content (AvgIpc) is 2.12. The number of hydrogen-bond acceptors (Lipinski definition) is 1. The highest BCUT2D eigenvalue weighted by molar-refractivity contribution is 9.13. The predicted molar refractivity (Wildman–Crippen MR) is 62.2 cm³/mol. The van der Waals surface area contributed by atoms with Crippen LogP contribution in [-0.2, 0) is 0 Å². The molecule has 0 bridgehead atoms. The number of rotatable bonds is 2. The molecule has 0 aliphatic rings. The summed E-state index contributed by atoms with van der Waals surface area (Å²) in [6.45, 7) is 4.21. The Morgan fingerprint density at radius 1 is 1.38 bits per heavy atom. The minimum atomic E-state index is 0.365. The highest BCUT2D eigenvalue weighted by Crippen LogP contribution is 2.38. The van der Waals surface area contributed by atoms with E-state index in [9.17, 15) is 5.11 Å². The molecule has 0 amide bonds. The zero-order valence-corrected chi connectivity index (χ0v) is 10.8. The number of benzene rings is 1. The maximum absolute atomic E-state index is 9.67. The largest absolute Gasteiger partial charge is 0.508 e. The van der Waals surface area contributed by atoms with E-state index in [2.05, 4.69) is 45.7 Å². The Bertz CT molecular complexity index is 310. The summed E-state index contributed by atoms with van der Waals surface area (Å²) in [5.74, 6) is 0.733. The first kappa shape index (κ1) is 11.1. The Morgan fingerprint density at radius 2 is 2.00 bits per heavy atom. The lowest BCUT2D eigenvalue weighted by Gasteiger charge is -2.14. The Kier molecular flexibility index (Phi) is 3.80. The van der Waals surface area contributed by atoms with Crippen molar-refractivity contribution in [3.63, 3.8) is 0 Å². The first-order chi connectivity index (χ1) is 6.07. The van der Waals surface area contributed by atoms with Crippen molar-refractivity contribution in [2.75, 3.05) is 0 Å². The fourth-order valence-corrected chi connectivity index (χ4v) is 2.30. The minimum absolute atomic E-state index is 0.365. The van der Waals surface area contributed by atoms with Crippen molar-refractivity contribution in [2.24, 2.45) is 0 Å². The van der Waals surface area contributed by atoms with Crippen molar-refractivity contribution in [2.45, 2.75) is 26.2 Å². The predicted octanol–water partition coefficient (Wildman–Crippen LogP) is 4.43. The van der Waals surface area contributed by atoms with E-state index in [1.54, 1.807) is 6.07 Å². The molecular formula is C10H12Br2O. The number of halogens is 2. The standard InChI is InChI=1S/C10H12Br2O/c1-3-6(2)9-8(13)5-4-7(11)10(9)12/h4-6,13H,3H2,1-2H3. The molecule has 0 saturated carbocycles. The van der Waals surface area contributed by atoms with Gasteiger partial charge in [-0.3, -0.25) is 0 Å². The van der Waals surface area contributed by atoms with Gasteiger partial charge in [0.05, 0.1) is 0 Å². The van der Waals surface area contributed by atoms with Gasteiger partial charge < -0.3 is 5.11 Å². The number of aromatic hydroxyl groups is 1. The van der Waals surface area contributed by atoms with Crippen molar-refractivity contribution in [3.05, 3.63) is 26.6 Å². The lowest BCUT2D eigenvalue weighted by Crippen LogP contribution is -1.94. The van der Waals surface area contributed by atoms with Gasteiger partial charge >= 0.3 is 0 Å². The normalized spacial score (nSPS) is 12.9. The van der Waals surface area contributed by atoms with Gasteiger partial charge in [0, 0.05) is 14.5 Å². The fraction of sp³-hybridized carbons (Fsp3) is 0.400. The second-order valence-electron chi connectivity index (χ2n) is 3.10. The molecule has 0 heterocycles. The zero-order valence-electron chi connectivity index (χ0n) is 7.64. The maximum Gasteiger partial charge on any atom is 0.120 e. The summed E-state index contributed by atoms with van der Waals surface area (Å²) >= 11 is 6.89. The molecule has 1 aromatic carbocycles. The van der Waals surface area contributed by atoms with Crippen LogP contribution in [0.15, 0.2) is 21.1 Å². The Labute approximate surface area is 95.4 Å². The lowest BCUT2D eigenvalue weighted by molar-refractivity contribution is 0.461. The highest BCUT2D eigenvalue weighted by atomic mass is 79.9. The van der Waals surface area contributed by atoms with E-state index in [1.807, 2.05) is 6.07 Å². The summed E-state index contributed by atoms with van der Waals surface area (Å²) in [5, 5.41) is 9.67. The number of phenols is 1. The molecule has 0 aliphatic heterocycles. The van der Waals surface area contributed by atoms with Crippen LogP contribution in [0.1, 0.15) is 31.7 Å². The van der Waals surface area contributed by atoms with Crippen LogP contribution in [0.5, 0.6) is 5.75 Å². The molecule has 72 valence electrons. The summed E-state index contributed by atoms with van der Waals surface area (Å²) in [4.78, 5) is 0. The van der Waals surface area contributed by atoms with E-state index in [0.717, 1.165) is 20.9 Å². The Morgan fingerprint density at radius 3 is 2.54 bits per heavy atom. The quantitative estimate of drug-likeness (QED) is 0.857. The molecule has 1 rings (SSSR count). The van der Waals surface area contributed by atoms with Gasteiger partial charge in [-0.05, 0) is 56.3 Å². The molecule has 0 saturated heterocycles. The van der Waals surface area contributed by atoms with Gasteiger partial charge in [0.15, 0.2) is 0 Å². The maximum atomic E-state index is 9.67. The molecule has 0 aromatic heterocycles. The zero-order chi connectivity index (χ0) is 10.0. The summed E-state index contributed by atoms with van der Waals surface area (Å²) in [6, 6.07) is 3.56. The van der Waals surface area contributed by atoms with Gasteiger partial charge in [-0.15, -0.1) is 0 Å². The van der Waals surface area contributed by atoms with Crippen LogP contribution >= 0.6 is 31.9 Å². The van der Waals surface area contributed by atoms with Crippen LogP contribution in [0.4, 0.5) is 0 Å². The molecule has 0 spiro atoms. The first-order valence-corrected chi connectivity index (χ1v) is 5.83. The molecule has 13 heavy (non-hydrogen) atoms. The van der Waals surface area contributed by atoms with Crippen molar-refractivity contribution >= 4 is 31.9 Å². The van der Waals surface area contributed by atoms with Crippen molar-refractivity contribution < 1.29 is 5.11 Å². The smallest absolute Gasteiger partial charge is 0.120 e. The van der Waals surface area contributed by atoms with Crippen molar-refractivity contribution in [1.82, 2.24) is 0 Å². The molecular weight excluding hydrogens is 296 g/mol. The second-order valence-corrected chi connectivity index (χ2v) is 4.75. The van der Waals surface area contributed by atoms with Gasteiger partial charge in [-0.2, -0.15) is 0 Å². The molecule has 1 atom stereocenters. The molecule has 1 nitrogen and oxygen atoms in total. The van der Waals surface area contributed by atoms with E-state index < -0.39 is 0 Å². The molecule has 1 aromatic rings. The fourth-order valence-electron chi connectivity index (χ4n) is 1.23. The third-order valence-corrected chi connectivity index (χ3v) is 4.26. The summed E-state index contributed by atoms with van der Waals surface area (Å²) < 4.78 is 1.95. The van der Waals surface area contributed by atoms with Crippen LogP contribution < -0.4 is 0 Å². The van der Waals surface area contributed by atoms with Gasteiger partial charge in [-0.25, -0.2) is 0 Å². The summed E-state index contributed by atoms with van der Waals surface area (Å²) in [5.41, 5.74) is 0.983. The van der Waals surface area contributed by atoms with Crippen LogP contribution in [0.25, 0.3) is 0 Å². The van der Waals surface area contributed by atoms with E-state index in [-0.39, 0.29) is 0 Å². The molecule has 1 unspecified atom stereocenters. The molecule has 3 heteroatoms. The molecule has 0 fully saturated rings. The van der Waals surface area contributed by atoms with Crippen LogP contribution in [0.3, 0.4) is 0 Å². The van der Waals surface area contributed by atoms with Gasteiger partial charge in [-0.1, -0.05) is 13.8 Å². The van der Waals surface area contributed by atoms with Gasteiger partial charge in [0.2, 0.25) is 0 Å². The van der Waals surface area contributed by atoms with E-state index in [0.29, 0.717) is 11.7 Å². The minimum Gasteiger partial charge on any atom is -0.508 e. The first-order valence-electron chi connectivity index (χ1n) is 4.24. The van der Waals surface area contributed by atoms with E-state index >= 15 is 0 Å². The summed E-state index contributed by atoms with van der Waals surface area (Å²) in [7, 11) is 0. The monoisotopic (exact) mass is 306 g/mol. The Balaban J connectivity index is 3.25. The van der Waals surface area contributed by atoms with Crippen molar-refractivity contribution in [3.8, 4) is 5.75 Å². The van der Waals surface area contributed by atoms with Crippen molar-refractivity contribution in [1.29, 1.82) is 0 Å². The third-order valence-electron chi connectivity index (χ3n) is 2.21. The van der Waals surface area contributed by atoms with Crippen LogP contribution in [-0.4, -0.2) is 5.11 Å². The van der Waals surface area contributed by atoms with E-state index in [1.165, 1.54) is 0 Å². The van der Waals surface area contributed by atoms with Crippen LogP contribution in [0, 0.1) is 0 Å². The van der Waals surface area contributed by atoms with Gasteiger partial charge in [0.25, 0.3) is 0 Å². The van der Waals surface area contributed by atoms with E-state index in [4.69, 9.17) is 0 Å². The average molecular weight is 308 g/mol.